The highest BCUT2D eigenvalue weighted by Gasteiger charge is 2.15. The van der Waals surface area contributed by atoms with Crippen molar-refractivity contribution in [3.63, 3.8) is 0 Å². The zero-order valence-corrected chi connectivity index (χ0v) is 15.3. The van der Waals surface area contributed by atoms with Crippen LogP contribution >= 0.6 is 11.3 Å². The van der Waals surface area contributed by atoms with Gasteiger partial charge in [0, 0.05) is 0 Å². The minimum atomic E-state index is -0.584. The number of furan rings is 1. The molecule has 2 amide bonds. The molecule has 8 heteroatoms. The number of nitrogens with one attached hydrogen (secondary N) is 2. The number of carbonyl (C=O) groups is 2. The number of rotatable bonds is 4. The van der Waals surface area contributed by atoms with Gasteiger partial charge in [0.15, 0.2) is 16.5 Å². The van der Waals surface area contributed by atoms with Crippen LogP contribution in [-0.4, -0.2) is 16.8 Å². The summed E-state index contributed by atoms with van der Waals surface area (Å²) in [6.45, 7) is 0. The Morgan fingerprint density at radius 3 is 2.57 bits per heavy atom. The summed E-state index contributed by atoms with van der Waals surface area (Å²) in [5, 5.41) is 0.667. The minimum Gasteiger partial charge on any atom is -0.448 e. The lowest BCUT2D eigenvalue weighted by Gasteiger charge is -2.06. The van der Waals surface area contributed by atoms with Gasteiger partial charge in [-0.25, -0.2) is 9.37 Å². The van der Waals surface area contributed by atoms with Crippen LogP contribution in [-0.2, 0) is 11.2 Å². The average Bonchev–Trinajstić information content (AvgIpc) is 3.35. The number of carbonyl (C=O) groups excluding carboxylic acids is 2. The molecule has 0 bridgehead atoms. The van der Waals surface area contributed by atoms with E-state index in [2.05, 4.69) is 15.8 Å². The number of hydrogen-bond acceptors (Lipinski definition) is 5. The van der Waals surface area contributed by atoms with Crippen LogP contribution in [0.15, 0.2) is 65.1 Å². The highest BCUT2D eigenvalue weighted by atomic mass is 32.1. The van der Waals surface area contributed by atoms with Crippen molar-refractivity contribution in [2.24, 2.45) is 0 Å². The van der Waals surface area contributed by atoms with Crippen molar-refractivity contribution in [3.8, 4) is 10.8 Å². The second kappa shape index (κ2) is 7.61. The zero-order valence-electron chi connectivity index (χ0n) is 14.4. The third-order valence-electron chi connectivity index (χ3n) is 3.93. The van der Waals surface area contributed by atoms with E-state index >= 15 is 0 Å². The first-order valence-corrected chi connectivity index (χ1v) is 9.19. The van der Waals surface area contributed by atoms with Crippen LogP contribution in [0.2, 0.25) is 0 Å². The van der Waals surface area contributed by atoms with E-state index in [1.165, 1.54) is 41.7 Å². The highest BCUT2D eigenvalue weighted by molar-refractivity contribution is 7.21. The Bertz CT molecular complexity index is 1120. The first kappa shape index (κ1) is 17.9. The summed E-state index contributed by atoms with van der Waals surface area (Å²) in [5.74, 6) is -0.864. The number of benzene rings is 2. The smallest absolute Gasteiger partial charge is 0.305 e. The van der Waals surface area contributed by atoms with Gasteiger partial charge in [0.1, 0.15) is 5.82 Å². The molecule has 2 N–H and O–H groups in total. The molecule has 140 valence electrons. The molecule has 0 atom stereocenters. The van der Waals surface area contributed by atoms with Crippen LogP contribution in [0, 0.1) is 5.82 Å². The zero-order chi connectivity index (χ0) is 19.5. The molecule has 0 aliphatic heterocycles. The number of hydrogen-bond donors (Lipinski definition) is 2. The molecule has 2 aromatic heterocycles. The molecule has 4 aromatic rings. The molecule has 2 heterocycles. The molecule has 0 spiro atoms. The lowest BCUT2D eigenvalue weighted by Crippen LogP contribution is -2.42. The van der Waals surface area contributed by atoms with E-state index in [9.17, 15) is 14.0 Å². The molecule has 2 aromatic carbocycles. The van der Waals surface area contributed by atoms with Crippen molar-refractivity contribution >= 4 is 33.4 Å². The van der Waals surface area contributed by atoms with E-state index in [1.54, 1.807) is 6.07 Å². The molecule has 0 saturated heterocycles. The van der Waals surface area contributed by atoms with Gasteiger partial charge in [-0.3, -0.25) is 20.4 Å². The van der Waals surface area contributed by atoms with Crippen LogP contribution in [0.4, 0.5) is 4.39 Å². The minimum absolute atomic E-state index is 0.00959. The molecule has 6 nitrogen and oxygen atoms in total. The third kappa shape index (κ3) is 3.91. The number of nitrogens with zero attached hydrogens (tertiary/aromatic N) is 1. The van der Waals surface area contributed by atoms with Crippen molar-refractivity contribution in [1.29, 1.82) is 0 Å². The normalized spacial score (nSPS) is 10.8. The summed E-state index contributed by atoms with van der Waals surface area (Å²) in [4.78, 5) is 28.6. The van der Waals surface area contributed by atoms with E-state index in [0.717, 1.165) is 10.2 Å². The summed E-state index contributed by atoms with van der Waals surface area (Å²) in [5.41, 5.74) is 6.10. The second-order valence-electron chi connectivity index (χ2n) is 5.96. The number of halogens is 1. The fraction of sp³-hybridized carbons (Fsp3) is 0.0500. The highest BCUT2D eigenvalue weighted by Crippen LogP contribution is 2.31. The fourth-order valence-electron chi connectivity index (χ4n) is 2.57. The SMILES string of the molecule is O=C(Cc1ccc(F)cc1)NNC(=O)c1ccc(-c2nc3ccccc3s2)o1. The second-order valence-corrected chi connectivity index (χ2v) is 6.99. The molecule has 0 unspecified atom stereocenters. The van der Waals surface area contributed by atoms with Crippen molar-refractivity contribution in [2.75, 3.05) is 0 Å². The van der Waals surface area contributed by atoms with Gasteiger partial charge in [-0.2, -0.15) is 0 Å². The molecular formula is C20H14FN3O3S. The topological polar surface area (TPSA) is 84.2 Å². The van der Waals surface area contributed by atoms with E-state index in [4.69, 9.17) is 4.42 Å². The maximum Gasteiger partial charge on any atom is 0.305 e. The Morgan fingerprint density at radius 1 is 1.00 bits per heavy atom. The first-order valence-electron chi connectivity index (χ1n) is 8.38. The van der Waals surface area contributed by atoms with Crippen LogP contribution in [0.25, 0.3) is 21.0 Å². The van der Waals surface area contributed by atoms with Gasteiger partial charge in [0.25, 0.3) is 0 Å². The van der Waals surface area contributed by atoms with Gasteiger partial charge < -0.3 is 4.42 Å². The number of aromatic nitrogens is 1. The lowest BCUT2D eigenvalue weighted by atomic mass is 10.1. The maximum absolute atomic E-state index is 12.9. The largest absolute Gasteiger partial charge is 0.448 e. The summed E-state index contributed by atoms with van der Waals surface area (Å²) in [6, 6.07) is 16.4. The van der Waals surface area contributed by atoms with Crippen molar-refractivity contribution < 1.29 is 18.4 Å². The Morgan fingerprint density at radius 2 is 1.79 bits per heavy atom. The Hall–Kier alpha value is -3.52. The third-order valence-corrected chi connectivity index (χ3v) is 4.98. The summed E-state index contributed by atoms with van der Waals surface area (Å²) in [6.07, 6.45) is 0.00959. The Balaban J connectivity index is 1.37. The number of thiazole rings is 1. The van der Waals surface area contributed by atoms with E-state index in [1.807, 2.05) is 24.3 Å². The standard InChI is InChI=1S/C20H14FN3O3S/c21-13-7-5-12(6-8-13)11-18(25)23-24-19(26)15-9-10-16(27-15)20-22-14-3-1-2-4-17(14)28-20/h1-10H,11H2,(H,23,25)(H,24,26). The summed E-state index contributed by atoms with van der Waals surface area (Å²) < 4.78 is 19.5. The fourth-order valence-corrected chi connectivity index (χ4v) is 3.50. The van der Waals surface area contributed by atoms with E-state index in [0.29, 0.717) is 16.3 Å². The number of fused-ring (bicyclic) bond motifs is 1. The number of hydrazine groups is 1. The maximum atomic E-state index is 12.9. The summed E-state index contributed by atoms with van der Waals surface area (Å²) >= 11 is 1.46. The molecule has 0 radical (unpaired) electrons. The van der Waals surface area contributed by atoms with Crippen LogP contribution in [0.3, 0.4) is 0 Å². The van der Waals surface area contributed by atoms with Gasteiger partial charge in [-0.15, -0.1) is 11.3 Å². The van der Waals surface area contributed by atoms with Crippen molar-refractivity contribution in [3.05, 3.63) is 77.8 Å². The molecule has 0 aliphatic carbocycles. The quantitative estimate of drug-likeness (QED) is 0.516. The van der Waals surface area contributed by atoms with Gasteiger partial charge in [0.2, 0.25) is 5.91 Å². The molecule has 0 fully saturated rings. The number of amides is 2. The van der Waals surface area contributed by atoms with E-state index < -0.39 is 11.8 Å². The Kier molecular flexibility index (Phi) is 4.86. The predicted octanol–water partition coefficient (Wildman–Crippen LogP) is 3.70. The van der Waals surface area contributed by atoms with Gasteiger partial charge in [-0.05, 0) is 42.0 Å². The average molecular weight is 395 g/mol. The van der Waals surface area contributed by atoms with E-state index in [-0.39, 0.29) is 18.0 Å². The molecule has 4 rings (SSSR count). The molecule has 28 heavy (non-hydrogen) atoms. The summed E-state index contributed by atoms with van der Waals surface area (Å²) in [7, 11) is 0. The monoisotopic (exact) mass is 395 g/mol. The molecule has 0 saturated carbocycles. The van der Waals surface area contributed by atoms with Crippen LogP contribution in [0.1, 0.15) is 16.1 Å². The Labute approximate surface area is 163 Å². The predicted molar refractivity (Wildman–Crippen MR) is 103 cm³/mol. The van der Waals surface area contributed by atoms with Crippen molar-refractivity contribution in [2.45, 2.75) is 6.42 Å². The van der Waals surface area contributed by atoms with Gasteiger partial charge >= 0.3 is 5.91 Å². The lowest BCUT2D eigenvalue weighted by molar-refractivity contribution is -0.121. The number of para-hydroxylation sites is 1. The van der Waals surface area contributed by atoms with Gasteiger partial charge in [-0.1, -0.05) is 24.3 Å². The van der Waals surface area contributed by atoms with Gasteiger partial charge in [0.05, 0.1) is 16.6 Å². The molecule has 0 aliphatic rings. The van der Waals surface area contributed by atoms with Crippen LogP contribution in [0.5, 0.6) is 0 Å². The first-order chi connectivity index (χ1) is 13.6. The van der Waals surface area contributed by atoms with Crippen LogP contribution < -0.4 is 10.9 Å². The molecular weight excluding hydrogens is 381 g/mol. The van der Waals surface area contributed by atoms with Crippen molar-refractivity contribution in [1.82, 2.24) is 15.8 Å².